The Kier molecular flexibility index (Phi) is 4.16. The molecule has 3 aromatic rings. The Balaban J connectivity index is 1.77. The Morgan fingerprint density at radius 3 is 2.65 bits per heavy atom. The van der Waals surface area contributed by atoms with Crippen LogP contribution in [0.2, 0.25) is 0 Å². The van der Waals surface area contributed by atoms with E-state index >= 15 is 0 Å². The van der Waals surface area contributed by atoms with Gasteiger partial charge in [0, 0.05) is 6.54 Å². The third-order valence-electron chi connectivity index (χ3n) is 4.73. The molecule has 0 aliphatic carbocycles. The fourth-order valence-corrected chi connectivity index (χ4v) is 3.45. The number of fused-ring (bicyclic) bond motifs is 1. The molecule has 1 aliphatic heterocycles. The molecule has 2 heterocycles. The lowest BCUT2D eigenvalue weighted by Gasteiger charge is -2.44. The van der Waals surface area contributed by atoms with Crippen molar-refractivity contribution in [1.29, 1.82) is 0 Å². The van der Waals surface area contributed by atoms with E-state index < -0.39 is 5.56 Å². The lowest BCUT2D eigenvalue weighted by Crippen LogP contribution is -2.56. The van der Waals surface area contributed by atoms with Gasteiger partial charge in [0.15, 0.2) is 5.69 Å². The number of hydrogen-bond acceptors (Lipinski definition) is 4. The molecule has 1 unspecified atom stereocenters. The van der Waals surface area contributed by atoms with Crippen LogP contribution in [0.25, 0.3) is 11.0 Å². The van der Waals surface area contributed by atoms with Crippen molar-refractivity contribution < 1.29 is 4.79 Å². The zero-order chi connectivity index (χ0) is 18.1. The number of H-pyrrole nitrogens is 1. The van der Waals surface area contributed by atoms with E-state index in [-0.39, 0.29) is 17.6 Å². The highest BCUT2D eigenvalue weighted by molar-refractivity contribution is 5.95. The minimum absolute atomic E-state index is 0.0101. The molecule has 1 fully saturated rings. The van der Waals surface area contributed by atoms with Crippen molar-refractivity contribution in [3.05, 3.63) is 70.6 Å². The summed E-state index contributed by atoms with van der Waals surface area (Å²) in [7, 11) is 0. The van der Waals surface area contributed by atoms with Crippen LogP contribution in [-0.2, 0) is 0 Å². The van der Waals surface area contributed by atoms with E-state index in [0.717, 1.165) is 25.1 Å². The first-order chi connectivity index (χ1) is 12.6. The Hall–Kier alpha value is -3.15. The monoisotopic (exact) mass is 348 g/mol. The number of carbonyl (C=O) groups excluding carboxylic acids is 1. The normalized spacial score (nSPS) is 17.5. The van der Waals surface area contributed by atoms with E-state index in [1.807, 2.05) is 54.4 Å². The Labute approximate surface area is 151 Å². The summed E-state index contributed by atoms with van der Waals surface area (Å²) in [6.07, 6.45) is 1.88. The van der Waals surface area contributed by atoms with Gasteiger partial charge in [-0.05, 0) is 44.0 Å². The van der Waals surface area contributed by atoms with Gasteiger partial charge in [-0.2, -0.15) is 0 Å². The van der Waals surface area contributed by atoms with Gasteiger partial charge >= 0.3 is 0 Å². The zero-order valence-electron chi connectivity index (χ0n) is 14.6. The molecular formula is C20H20N4O2. The maximum Gasteiger partial charge on any atom is 0.296 e. The number of hydrazine groups is 1. The number of carbonyl (C=O) groups is 1. The largest absolute Gasteiger partial charge is 0.319 e. The third-order valence-corrected chi connectivity index (χ3v) is 4.73. The van der Waals surface area contributed by atoms with Crippen molar-refractivity contribution in [3.63, 3.8) is 0 Å². The van der Waals surface area contributed by atoms with Crippen molar-refractivity contribution >= 4 is 22.6 Å². The number of anilines is 1. The van der Waals surface area contributed by atoms with Gasteiger partial charge < -0.3 is 4.98 Å². The summed E-state index contributed by atoms with van der Waals surface area (Å²) in [5.41, 5.74) is 1.63. The summed E-state index contributed by atoms with van der Waals surface area (Å²) in [4.78, 5) is 32.9. The molecule has 0 spiro atoms. The van der Waals surface area contributed by atoms with Crippen LogP contribution in [0.1, 0.15) is 30.3 Å². The standard InChI is InChI=1S/C20H20N4O2/c1-14-8-7-13-23(15-9-3-2-4-10-15)24(14)20(26)18-19(25)22-17-12-6-5-11-16(17)21-18/h2-6,9-12,14H,7-8,13H2,1H3,(H,22,25). The van der Waals surface area contributed by atoms with Crippen molar-refractivity contribution in [2.45, 2.75) is 25.8 Å². The van der Waals surface area contributed by atoms with Gasteiger partial charge in [0.05, 0.1) is 22.8 Å². The van der Waals surface area contributed by atoms with Gasteiger partial charge in [-0.3, -0.25) is 14.6 Å². The molecule has 2 aromatic carbocycles. The minimum atomic E-state index is -0.459. The Morgan fingerprint density at radius 1 is 1.12 bits per heavy atom. The van der Waals surface area contributed by atoms with Crippen LogP contribution >= 0.6 is 0 Å². The molecule has 1 aromatic heterocycles. The second-order valence-corrected chi connectivity index (χ2v) is 6.53. The molecule has 1 saturated heterocycles. The van der Waals surface area contributed by atoms with E-state index in [1.54, 1.807) is 17.1 Å². The van der Waals surface area contributed by atoms with Gasteiger partial charge in [0.25, 0.3) is 11.5 Å². The summed E-state index contributed by atoms with van der Waals surface area (Å²) in [5, 5.41) is 3.62. The SMILES string of the molecule is CC1CCCN(c2ccccc2)N1C(=O)c1nc2ccccc2[nH]c1=O. The van der Waals surface area contributed by atoms with E-state index in [4.69, 9.17) is 0 Å². The quantitative estimate of drug-likeness (QED) is 0.773. The van der Waals surface area contributed by atoms with Crippen LogP contribution in [0, 0.1) is 0 Å². The lowest BCUT2D eigenvalue weighted by molar-refractivity contribution is 0.0600. The molecule has 6 heteroatoms. The molecule has 1 atom stereocenters. The Bertz CT molecular complexity index is 999. The second-order valence-electron chi connectivity index (χ2n) is 6.53. The molecule has 26 heavy (non-hydrogen) atoms. The number of nitrogens with zero attached hydrogens (tertiary/aromatic N) is 3. The van der Waals surface area contributed by atoms with Crippen LogP contribution in [-0.4, -0.2) is 33.5 Å². The van der Waals surface area contributed by atoms with Crippen LogP contribution in [0.5, 0.6) is 0 Å². The predicted molar refractivity (Wildman–Crippen MR) is 101 cm³/mol. The third kappa shape index (κ3) is 2.83. The average molecular weight is 348 g/mol. The number of nitrogens with one attached hydrogen (secondary N) is 1. The number of para-hydroxylation sites is 3. The summed E-state index contributed by atoms with van der Waals surface area (Å²) in [6, 6.07) is 17.0. The summed E-state index contributed by atoms with van der Waals surface area (Å²) < 4.78 is 0. The number of rotatable bonds is 2. The molecule has 6 nitrogen and oxygen atoms in total. The zero-order valence-corrected chi connectivity index (χ0v) is 14.6. The fourth-order valence-electron chi connectivity index (χ4n) is 3.45. The molecule has 132 valence electrons. The number of benzene rings is 2. The highest BCUT2D eigenvalue weighted by Gasteiger charge is 2.33. The minimum Gasteiger partial charge on any atom is -0.319 e. The highest BCUT2D eigenvalue weighted by atomic mass is 16.2. The second kappa shape index (κ2) is 6.63. The number of hydrogen-bond donors (Lipinski definition) is 1. The maximum absolute atomic E-state index is 13.3. The van der Waals surface area contributed by atoms with Crippen LogP contribution < -0.4 is 10.6 Å². The van der Waals surface area contributed by atoms with Crippen LogP contribution in [0.3, 0.4) is 0 Å². The maximum atomic E-state index is 13.3. The first kappa shape index (κ1) is 16.3. The number of amides is 1. The van der Waals surface area contributed by atoms with Gasteiger partial charge in [-0.15, -0.1) is 0 Å². The van der Waals surface area contributed by atoms with Gasteiger partial charge in [0.2, 0.25) is 0 Å². The average Bonchev–Trinajstić information content (AvgIpc) is 2.67. The summed E-state index contributed by atoms with van der Waals surface area (Å²) in [5.74, 6) is -0.368. The highest BCUT2D eigenvalue weighted by Crippen LogP contribution is 2.26. The van der Waals surface area contributed by atoms with E-state index in [1.165, 1.54) is 0 Å². The molecule has 0 radical (unpaired) electrons. The summed E-state index contributed by atoms with van der Waals surface area (Å²) in [6.45, 7) is 2.73. The van der Waals surface area contributed by atoms with E-state index in [2.05, 4.69) is 9.97 Å². The topological polar surface area (TPSA) is 69.3 Å². The molecule has 4 rings (SSSR count). The van der Waals surface area contributed by atoms with Crippen molar-refractivity contribution in [2.75, 3.05) is 11.6 Å². The summed E-state index contributed by atoms with van der Waals surface area (Å²) >= 11 is 0. The lowest BCUT2D eigenvalue weighted by atomic mass is 10.1. The molecular weight excluding hydrogens is 328 g/mol. The number of aromatic amines is 1. The van der Waals surface area contributed by atoms with Crippen molar-refractivity contribution in [2.24, 2.45) is 0 Å². The first-order valence-corrected chi connectivity index (χ1v) is 8.80. The van der Waals surface area contributed by atoms with Crippen LogP contribution in [0.15, 0.2) is 59.4 Å². The van der Waals surface area contributed by atoms with Crippen LogP contribution in [0.4, 0.5) is 5.69 Å². The van der Waals surface area contributed by atoms with E-state index in [9.17, 15) is 9.59 Å². The van der Waals surface area contributed by atoms with Crippen molar-refractivity contribution in [1.82, 2.24) is 15.0 Å². The fraction of sp³-hybridized carbons (Fsp3) is 0.250. The molecule has 1 aliphatic rings. The predicted octanol–water partition coefficient (Wildman–Crippen LogP) is 2.97. The molecule has 1 amide bonds. The first-order valence-electron chi connectivity index (χ1n) is 8.80. The molecule has 0 saturated carbocycles. The molecule has 1 N–H and O–H groups in total. The Morgan fingerprint density at radius 2 is 1.85 bits per heavy atom. The smallest absolute Gasteiger partial charge is 0.296 e. The van der Waals surface area contributed by atoms with Gasteiger partial charge in [-0.1, -0.05) is 30.3 Å². The van der Waals surface area contributed by atoms with Gasteiger partial charge in [0.1, 0.15) is 0 Å². The van der Waals surface area contributed by atoms with E-state index in [0.29, 0.717) is 11.0 Å². The molecule has 0 bridgehead atoms. The van der Waals surface area contributed by atoms with Gasteiger partial charge in [-0.25, -0.2) is 9.99 Å². The van der Waals surface area contributed by atoms with Crippen molar-refractivity contribution in [3.8, 4) is 0 Å². The number of aromatic nitrogens is 2.